The van der Waals surface area contributed by atoms with Crippen LogP contribution in [0.15, 0.2) is 30.5 Å². The first-order chi connectivity index (χ1) is 17.8. The SMILES string of the molecule is CCN(c1cc(-c2ccc(OC)nc2)cc(C(=O)NCC2C(=O)NC(C)CC2C)c1C)C1CCOCC1. The number of hydrogen-bond donors (Lipinski definition) is 2. The van der Waals surface area contributed by atoms with E-state index in [0.717, 1.165) is 61.4 Å². The number of anilines is 1. The van der Waals surface area contributed by atoms with Crippen LogP contribution in [0.25, 0.3) is 11.1 Å². The molecular formula is C29H40N4O4. The van der Waals surface area contributed by atoms with Crippen molar-refractivity contribution in [2.45, 2.75) is 59.0 Å². The summed E-state index contributed by atoms with van der Waals surface area (Å²) in [7, 11) is 1.59. The largest absolute Gasteiger partial charge is 0.481 e. The summed E-state index contributed by atoms with van der Waals surface area (Å²) in [5.41, 5.74) is 4.43. The fourth-order valence-electron chi connectivity index (χ4n) is 5.67. The Morgan fingerprint density at radius 3 is 2.59 bits per heavy atom. The Kier molecular flexibility index (Phi) is 8.69. The Morgan fingerprint density at radius 1 is 1.22 bits per heavy atom. The van der Waals surface area contributed by atoms with Crippen LogP contribution in [0.2, 0.25) is 0 Å². The zero-order valence-corrected chi connectivity index (χ0v) is 22.7. The van der Waals surface area contributed by atoms with Crippen molar-refractivity contribution in [1.29, 1.82) is 0 Å². The highest BCUT2D eigenvalue weighted by molar-refractivity contribution is 5.99. The molecule has 2 fully saturated rings. The molecule has 0 spiro atoms. The van der Waals surface area contributed by atoms with E-state index in [1.54, 1.807) is 13.3 Å². The Hall–Kier alpha value is -3.13. The number of carbonyl (C=O) groups excluding carboxylic acids is 2. The van der Waals surface area contributed by atoms with Crippen LogP contribution < -0.4 is 20.3 Å². The van der Waals surface area contributed by atoms with Gasteiger partial charge in [0, 0.05) is 67.5 Å². The number of nitrogens with zero attached hydrogens (tertiary/aromatic N) is 2. The van der Waals surface area contributed by atoms with Gasteiger partial charge in [-0.15, -0.1) is 0 Å². The lowest BCUT2D eigenvalue weighted by atomic mass is 9.84. The van der Waals surface area contributed by atoms with E-state index in [2.05, 4.69) is 40.4 Å². The molecule has 2 aliphatic rings. The van der Waals surface area contributed by atoms with Gasteiger partial charge >= 0.3 is 0 Å². The molecule has 200 valence electrons. The molecule has 0 saturated carbocycles. The number of methoxy groups -OCH3 is 1. The first-order valence-corrected chi connectivity index (χ1v) is 13.4. The van der Waals surface area contributed by atoms with Gasteiger partial charge in [-0.25, -0.2) is 4.98 Å². The molecule has 1 aromatic carbocycles. The minimum atomic E-state index is -0.233. The maximum absolute atomic E-state index is 13.6. The molecule has 3 unspecified atom stereocenters. The predicted molar refractivity (Wildman–Crippen MR) is 145 cm³/mol. The molecule has 0 aliphatic carbocycles. The Labute approximate surface area is 220 Å². The standard InChI is InChI=1S/C29H40N4O4/c1-6-33(23-9-11-37-12-10-23)26-15-22(21-7-8-27(36-5)30-16-21)14-24(20(26)4)28(34)31-17-25-18(2)13-19(3)32-29(25)35/h7-8,14-16,18-19,23,25H,6,9-13,17H2,1-5H3,(H,31,34)(H,32,35). The number of ether oxygens (including phenoxy) is 2. The minimum absolute atomic E-state index is 0.0127. The van der Waals surface area contributed by atoms with Crippen molar-refractivity contribution in [3.8, 4) is 17.0 Å². The van der Waals surface area contributed by atoms with Gasteiger partial charge in [-0.05, 0) is 75.3 Å². The molecule has 4 rings (SSSR count). The molecule has 2 amide bonds. The van der Waals surface area contributed by atoms with Crippen LogP contribution >= 0.6 is 0 Å². The number of pyridine rings is 1. The summed E-state index contributed by atoms with van der Waals surface area (Å²) in [6.07, 6.45) is 4.59. The molecular weight excluding hydrogens is 468 g/mol. The maximum Gasteiger partial charge on any atom is 0.251 e. The summed E-state index contributed by atoms with van der Waals surface area (Å²) in [6.45, 7) is 10.9. The normalized spacial score (nSPS) is 22.3. The lowest BCUT2D eigenvalue weighted by Crippen LogP contribution is -2.50. The molecule has 2 saturated heterocycles. The molecule has 0 bridgehead atoms. The van der Waals surface area contributed by atoms with Gasteiger partial charge in [-0.2, -0.15) is 0 Å². The van der Waals surface area contributed by atoms with Gasteiger partial charge in [-0.1, -0.05) is 6.92 Å². The van der Waals surface area contributed by atoms with E-state index in [9.17, 15) is 9.59 Å². The molecule has 0 radical (unpaired) electrons. The van der Waals surface area contributed by atoms with E-state index >= 15 is 0 Å². The Bertz CT molecular complexity index is 1100. The molecule has 2 aliphatic heterocycles. The number of benzene rings is 1. The quantitative estimate of drug-likeness (QED) is 0.561. The number of carbonyl (C=O) groups is 2. The average Bonchev–Trinajstić information content (AvgIpc) is 2.90. The Balaban J connectivity index is 1.67. The third-order valence-electron chi connectivity index (χ3n) is 7.81. The van der Waals surface area contributed by atoms with Crippen LogP contribution in [-0.4, -0.2) is 62.3 Å². The minimum Gasteiger partial charge on any atom is -0.481 e. The van der Waals surface area contributed by atoms with Crippen molar-refractivity contribution < 1.29 is 19.1 Å². The topological polar surface area (TPSA) is 92.8 Å². The Morgan fingerprint density at radius 2 is 1.97 bits per heavy atom. The van der Waals surface area contributed by atoms with Crippen LogP contribution in [0.1, 0.15) is 56.0 Å². The van der Waals surface area contributed by atoms with Crippen LogP contribution in [-0.2, 0) is 9.53 Å². The number of nitrogens with one attached hydrogen (secondary N) is 2. The molecule has 37 heavy (non-hydrogen) atoms. The fraction of sp³-hybridized carbons (Fsp3) is 0.552. The summed E-state index contributed by atoms with van der Waals surface area (Å²) in [6, 6.07) is 8.40. The maximum atomic E-state index is 13.6. The number of amides is 2. The molecule has 2 aromatic rings. The summed E-state index contributed by atoms with van der Waals surface area (Å²) in [4.78, 5) is 32.9. The van der Waals surface area contributed by atoms with Crippen LogP contribution in [0, 0.1) is 18.8 Å². The van der Waals surface area contributed by atoms with Crippen LogP contribution in [0.3, 0.4) is 0 Å². The third-order valence-corrected chi connectivity index (χ3v) is 7.81. The molecule has 3 atom stereocenters. The monoisotopic (exact) mass is 508 g/mol. The average molecular weight is 509 g/mol. The number of hydrogen-bond acceptors (Lipinski definition) is 6. The number of rotatable bonds is 8. The van der Waals surface area contributed by atoms with E-state index < -0.39 is 0 Å². The van der Waals surface area contributed by atoms with E-state index in [4.69, 9.17) is 9.47 Å². The van der Waals surface area contributed by atoms with Crippen molar-refractivity contribution in [2.24, 2.45) is 11.8 Å². The van der Waals surface area contributed by atoms with Gasteiger partial charge in [-0.3, -0.25) is 9.59 Å². The highest BCUT2D eigenvalue weighted by atomic mass is 16.5. The van der Waals surface area contributed by atoms with Gasteiger partial charge in [0.1, 0.15) is 0 Å². The molecule has 1 aromatic heterocycles. The van der Waals surface area contributed by atoms with Crippen molar-refractivity contribution in [1.82, 2.24) is 15.6 Å². The van der Waals surface area contributed by atoms with Gasteiger partial charge < -0.3 is 25.0 Å². The zero-order chi connectivity index (χ0) is 26.5. The second kappa shape index (κ2) is 11.9. The van der Waals surface area contributed by atoms with Crippen LogP contribution in [0.4, 0.5) is 5.69 Å². The first kappa shape index (κ1) is 26.9. The zero-order valence-electron chi connectivity index (χ0n) is 22.7. The summed E-state index contributed by atoms with van der Waals surface area (Å²) < 4.78 is 10.8. The number of piperidine rings is 1. The van der Waals surface area contributed by atoms with E-state index in [-0.39, 0.29) is 29.7 Å². The van der Waals surface area contributed by atoms with Crippen LogP contribution in [0.5, 0.6) is 5.88 Å². The smallest absolute Gasteiger partial charge is 0.251 e. The number of aromatic nitrogens is 1. The van der Waals surface area contributed by atoms with Crippen molar-refractivity contribution >= 4 is 17.5 Å². The van der Waals surface area contributed by atoms with Gasteiger partial charge in [0.25, 0.3) is 5.91 Å². The first-order valence-electron chi connectivity index (χ1n) is 13.4. The highest BCUT2D eigenvalue weighted by Gasteiger charge is 2.32. The van der Waals surface area contributed by atoms with E-state index in [1.165, 1.54) is 0 Å². The molecule has 8 nitrogen and oxygen atoms in total. The van der Waals surface area contributed by atoms with Crippen molar-refractivity contribution in [3.05, 3.63) is 41.6 Å². The summed E-state index contributed by atoms with van der Waals surface area (Å²) >= 11 is 0. The summed E-state index contributed by atoms with van der Waals surface area (Å²) in [5.74, 6) is 0.368. The molecule has 2 N–H and O–H groups in total. The van der Waals surface area contributed by atoms with Crippen molar-refractivity contribution in [2.75, 3.05) is 38.3 Å². The van der Waals surface area contributed by atoms with Crippen molar-refractivity contribution in [3.63, 3.8) is 0 Å². The second-order valence-corrected chi connectivity index (χ2v) is 10.3. The lowest BCUT2D eigenvalue weighted by molar-refractivity contribution is -0.129. The van der Waals surface area contributed by atoms with E-state index in [0.29, 0.717) is 24.0 Å². The molecule has 3 heterocycles. The van der Waals surface area contributed by atoms with E-state index in [1.807, 2.05) is 32.0 Å². The summed E-state index contributed by atoms with van der Waals surface area (Å²) in [5, 5.41) is 6.09. The predicted octanol–water partition coefficient (Wildman–Crippen LogP) is 3.96. The highest BCUT2D eigenvalue weighted by Crippen LogP contribution is 2.34. The lowest BCUT2D eigenvalue weighted by Gasteiger charge is -2.37. The van der Waals surface area contributed by atoms with Gasteiger partial charge in [0.05, 0.1) is 13.0 Å². The van der Waals surface area contributed by atoms with Gasteiger partial charge in [0.2, 0.25) is 11.8 Å². The second-order valence-electron chi connectivity index (χ2n) is 10.3. The molecule has 8 heteroatoms. The van der Waals surface area contributed by atoms with Gasteiger partial charge in [0.15, 0.2) is 0 Å². The third kappa shape index (κ3) is 6.06. The fourth-order valence-corrected chi connectivity index (χ4v) is 5.67.